The first-order valence-corrected chi connectivity index (χ1v) is 3.49. The van der Waals surface area contributed by atoms with Gasteiger partial charge in [0.25, 0.3) is 0 Å². The van der Waals surface area contributed by atoms with Crippen molar-refractivity contribution in [3.8, 4) is 0 Å². The molecule has 0 aromatic heterocycles. The van der Waals surface area contributed by atoms with Crippen molar-refractivity contribution in [2.75, 3.05) is 0 Å². The summed E-state index contributed by atoms with van der Waals surface area (Å²) in [5.74, 6) is 0. The van der Waals surface area contributed by atoms with E-state index in [2.05, 4.69) is 12.6 Å². The average Bonchev–Trinajstić information content (AvgIpc) is 1.65. The fraction of sp³-hybridized carbons (Fsp3) is 0.250. The lowest BCUT2D eigenvalue weighted by molar-refractivity contribution is -0.107. The molecule has 0 aromatic rings. The van der Waals surface area contributed by atoms with Gasteiger partial charge in [-0.1, -0.05) is 6.08 Å². The van der Waals surface area contributed by atoms with Crippen molar-refractivity contribution in [1.29, 1.82) is 0 Å². The summed E-state index contributed by atoms with van der Waals surface area (Å²) in [6.07, 6.45) is 1.79. The molecule has 0 amide bonds. The standard InChI is InChI=1S/C4H8OSSi/c1-2-3(7)4(5)6/h2H,1,7H3,(H,5,6)/b3-2-. The van der Waals surface area contributed by atoms with E-state index in [-0.39, 0.29) is 5.12 Å². The summed E-state index contributed by atoms with van der Waals surface area (Å²) in [5.41, 5.74) is 0. The molecule has 0 aromatic carbocycles. The fourth-order valence-corrected chi connectivity index (χ4v) is 0.253. The molecule has 0 unspecified atom stereocenters. The second-order valence-corrected chi connectivity index (χ2v) is 2.76. The minimum absolute atomic E-state index is 0.0887. The van der Waals surface area contributed by atoms with Gasteiger partial charge in [0, 0.05) is 10.2 Å². The van der Waals surface area contributed by atoms with Crippen molar-refractivity contribution >= 4 is 28.0 Å². The van der Waals surface area contributed by atoms with Gasteiger partial charge in [-0.15, -0.1) is 12.6 Å². The molecule has 0 saturated carbocycles. The topological polar surface area (TPSA) is 17.1 Å². The van der Waals surface area contributed by atoms with E-state index in [1.54, 1.807) is 6.08 Å². The van der Waals surface area contributed by atoms with Crippen LogP contribution in [0.15, 0.2) is 11.3 Å². The third kappa shape index (κ3) is 2.65. The number of allylic oxidation sites excluding steroid dienone is 1. The van der Waals surface area contributed by atoms with Crippen LogP contribution in [0, 0.1) is 0 Å². The van der Waals surface area contributed by atoms with Crippen molar-refractivity contribution in [3.05, 3.63) is 11.3 Å². The molecule has 0 radical (unpaired) electrons. The number of carbonyl (C=O) groups excluding carboxylic acids is 1. The van der Waals surface area contributed by atoms with Crippen LogP contribution in [0.3, 0.4) is 0 Å². The van der Waals surface area contributed by atoms with Crippen LogP contribution in [0.25, 0.3) is 0 Å². The summed E-state index contributed by atoms with van der Waals surface area (Å²) in [6.45, 7) is 1.84. The van der Waals surface area contributed by atoms with Crippen LogP contribution in [0.1, 0.15) is 6.92 Å². The van der Waals surface area contributed by atoms with E-state index in [1.165, 1.54) is 0 Å². The molecule has 0 heterocycles. The lowest BCUT2D eigenvalue weighted by atomic mass is 10.6. The van der Waals surface area contributed by atoms with Crippen LogP contribution < -0.4 is 0 Å². The zero-order chi connectivity index (χ0) is 5.86. The van der Waals surface area contributed by atoms with E-state index in [9.17, 15) is 4.79 Å². The first kappa shape index (κ1) is 6.98. The van der Waals surface area contributed by atoms with Crippen molar-refractivity contribution in [2.45, 2.75) is 6.92 Å². The monoisotopic (exact) mass is 132 g/mol. The van der Waals surface area contributed by atoms with E-state index in [0.717, 1.165) is 15.4 Å². The Bertz CT molecular complexity index is 108. The largest absolute Gasteiger partial charge is 0.283 e. The summed E-state index contributed by atoms with van der Waals surface area (Å²) in [5, 5.41) is 0.748. The molecule has 0 saturated heterocycles. The third-order valence-corrected chi connectivity index (χ3v) is 2.58. The Hall–Kier alpha value is -0.0231. The third-order valence-electron chi connectivity index (χ3n) is 0.770. The number of rotatable bonds is 1. The van der Waals surface area contributed by atoms with Gasteiger partial charge in [0.1, 0.15) is 0 Å². The minimum Gasteiger partial charge on any atom is -0.283 e. The number of thiol groups is 1. The van der Waals surface area contributed by atoms with Crippen molar-refractivity contribution < 1.29 is 4.79 Å². The van der Waals surface area contributed by atoms with Gasteiger partial charge in [-0.3, -0.25) is 4.79 Å². The van der Waals surface area contributed by atoms with Crippen LogP contribution in [0.2, 0.25) is 0 Å². The molecule has 3 heteroatoms. The summed E-state index contributed by atoms with van der Waals surface area (Å²) in [6, 6.07) is 0. The Balaban J connectivity index is 3.82. The van der Waals surface area contributed by atoms with Crippen LogP contribution in [0.4, 0.5) is 0 Å². The molecule has 0 aliphatic heterocycles. The summed E-state index contributed by atoms with van der Waals surface area (Å²) in [7, 11) is 0.809. The highest BCUT2D eigenvalue weighted by Crippen LogP contribution is 1.90. The van der Waals surface area contributed by atoms with Gasteiger partial charge >= 0.3 is 0 Å². The fourth-order valence-electron chi connectivity index (χ4n) is 0.123. The van der Waals surface area contributed by atoms with Crippen LogP contribution >= 0.6 is 12.6 Å². The smallest absolute Gasteiger partial charge is 0.206 e. The second kappa shape index (κ2) is 3.04. The molecule has 0 fully saturated rings. The van der Waals surface area contributed by atoms with Crippen molar-refractivity contribution in [3.63, 3.8) is 0 Å². The Kier molecular flexibility index (Phi) is 3.03. The molecule has 0 rings (SSSR count). The number of hydrogen-bond donors (Lipinski definition) is 1. The van der Waals surface area contributed by atoms with Crippen LogP contribution in [0.5, 0.6) is 0 Å². The number of hydrogen-bond acceptors (Lipinski definition) is 1. The molecule has 0 bridgehead atoms. The molecule has 0 N–H and O–H groups in total. The highest BCUT2D eigenvalue weighted by molar-refractivity contribution is 7.97. The molecule has 40 valence electrons. The van der Waals surface area contributed by atoms with E-state index in [4.69, 9.17) is 0 Å². The van der Waals surface area contributed by atoms with E-state index >= 15 is 0 Å². The molecular formula is C4H8OSSi. The summed E-state index contributed by atoms with van der Waals surface area (Å²) >= 11 is 3.60. The predicted molar refractivity (Wildman–Crippen MR) is 37.7 cm³/mol. The summed E-state index contributed by atoms with van der Waals surface area (Å²) in [4.78, 5) is 10.2. The average molecular weight is 132 g/mol. The quantitative estimate of drug-likeness (QED) is 0.295. The lowest BCUT2D eigenvalue weighted by Crippen LogP contribution is -1.89. The highest BCUT2D eigenvalue weighted by Gasteiger charge is 1.90. The lowest BCUT2D eigenvalue weighted by Gasteiger charge is -1.84. The molecule has 0 aliphatic carbocycles. The highest BCUT2D eigenvalue weighted by atomic mass is 32.1. The van der Waals surface area contributed by atoms with Gasteiger partial charge in [-0.25, -0.2) is 0 Å². The number of carbonyl (C=O) groups is 1. The van der Waals surface area contributed by atoms with Crippen molar-refractivity contribution in [2.24, 2.45) is 0 Å². The van der Waals surface area contributed by atoms with Gasteiger partial charge < -0.3 is 0 Å². The van der Waals surface area contributed by atoms with Gasteiger partial charge in [-0.05, 0) is 12.1 Å². The Labute approximate surface area is 51.6 Å². The minimum atomic E-state index is -0.0887. The van der Waals surface area contributed by atoms with E-state index < -0.39 is 0 Å². The molecule has 7 heavy (non-hydrogen) atoms. The zero-order valence-electron chi connectivity index (χ0n) is 4.43. The zero-order valence-corrected chi connectivity index (χ0v) is 7.33. The SMILES string of the molecule is C/C=C(\[SiH3])C(=O)S. The first-order valence-electron chi connectivity index (χ1n) is 2.04. The van der Waals surface area contributed by atoms with Crippen LogP contribution in [-0.2, 0) is 4.79 Å². The maximum absolute atomic E-state index is 10.2. The van der Waals surface area contributed by atoms with E-state index in [1.807, 2.05) is 6.92 Å². The van der Waals surface area contributed by atoms with E-state index in [0.29, 0.717) is 0 Å². The molecule has 0 spiro atoms. The first-order chi connectivity index (χ1) is 3.18. The molecule has 0 aliphatic rings. The van der Waals surface area contributed by atoms with Gasteiger partial charge in [-0.2, -0.15) is 0 Å². The van der Waals surface area contributed by atoms with Gasteiger partial charge in [0.05, 0.1) is 0 Å². The Morgan fingerprint density at radius 2 is 2.29 bits per heavy atom. The predicted octanol–water partition coefficient (Wildman–Crippen LogP) is -0.288. The Morgan fingerprint density at radius 1 is 1.86 bits per heavy atom. The summed E-state index contributed by atoms with van der Waals surface area (Å²) < 4.78 is 0. The maximum Gasteiger partial charge on any atom is 0.206 e. The Morgan fingerprint density at radius 3 is 2.29 bits per heavy atom. The van der Waals surface area contributed by atoms with Crippen LogP contribution in [-0.4, -0.2) is 15.4 Å². The normalized spacial score (nSPS) is 12.0. The molecule has 0 atom stereocenters. The maximum atomic E-state index is 10.2. The second-order valence-electron chi connectivity index (χ2n) is 1.28. The van der Waals surface area contributed by atoms with Gasteiger partial charge in [0.15, 0.2) is 0 Å². The molecular weight excluding hydrogens is 124 g/mol. The van der Waals surface area contributed by atoms with Gasteiger partial charge in [0.2, 0.25) is 5.12 Å². The van der Waals surface area contributed by atoms with Crippen molar-refractivity contribution in [1.82, 2.24) is 0 Å². The molecule has 1 nitrogen and oxygen atoms in total.